The van der Waals surface area contributed by atoms with Crippen LogP contribution in [-0.2, 0) is 22.3 Å². The summed E-state index contributed by atoms with van der Waals surface area (Å²) in [7, 11) is -3.44. The highest BCUT2D eigenvalue weighted by atomic mass is 35.5. The van der Waals surface area contributed by atoms with Gasteiger partial charge in [0, 0.05) is 31.7 Å². The number of hydrogen-bond donors (Lipinski definition) is 0. The van der Waals surface area contributed by atoms with E-state index in [1.165, 1.54) is 9.87 Å². The van der Waals surface area contributed by atoms with Crippen molar-refractivity contribution in [1.82, 2.24) is 19.3 Å². The highest BCUT2D eigenvalue weighted by Gasteiger charge is 2.28. The van der Waals surface area contributed by atoms with Crippen molar-refractivity contribution in [2.75, 3.05) is 26.2 Å². The van der Waals surface area contributed by atoms with Gasteiger partial charge in [-0.3, -0.25) is 4.90 Å². The first-order valence-electron chi connectivity index (χ1n) is 9.84. The van der Waals surface area contributed by atoms with Crippen LogP contribution >= 0.6 is 23.2 Å². The highest BCUT2D eigenvalue weighted by Crippen LogP contribution is 2.24. The van der Waals surface area contributed by atoms with Crippen molar-refractivity contribution in [3.8, 4) is 11.4 Å². The number of halogens is 2. The smallest absolute Gasteiger partial charge is 0.241 e. The fourth-order valence-electron chi connectivity index (χ4n) is 3.43. The largest absolute Gasteiger partial charge is 0.338 e. The van der Waals surface area contributed by atoms with E-state index < -0.39 is 10.0 Å². The van der Waals surface area contributed by atoms with Crippen LogP contribution in [0.5, 0.6) is 0 Å². The zero-order valence-electron chi connectivity index (χ0n) is 17.0. The normalized spacial score (nSPS) is 16.0. The molecular weight excluding hydrogens is 459 g/mol. The molecule has 31 heavy (non-hydrogen) atoms. The van der Waals surface area contributed by atoms with Crippen molar-refractivity contribution >= 4 is 33.2 Å². The summed E-state index contributed by atoms with van der Waals surface area (Å²) in [4.78, 5) is 6.58. The molecule has 0 aliphatic carbocycles. The first kappa shape index (κ1) is 22.2. The number of aryl methyl sites for hydroxylation is 1. The van der Waals surface area contributed by atoms with Gasteiger partial charge in [0.05, 0.1) is 22.3 Å². The van der Waals surface area contributed by atoms with Gasteiger partial charge in [0.2, 0.25) is 21.7 Å². The number of benzene rings is 2. The average Bonchev–Trinajstić information content (AvgIpc) is 3.20. The van der Waals surface area contributed by atoms with E-state index in [1.807, 2.05) is 31.2 Å². The molecule has 0 unspecified atom stereocenters. The Morgan fingerprint density at radius 1 is 1.00 bits per heavy atom. The van der Waals surface area contributed by atoms with Crippen LogP contribution in [-0.4, -0.2) is 53.9 Å². The quantitative estimate of drug-likeness (QED) is 0.530. The van der Waals surface area contributed by atoms with E-state index in [1.54, 1.807) is 18.2 Å². The lowest BCUT2D eigenvalue weighted by atomic mass is 10.1. The van der Waals surface area contributed by atoms with Crippen molar-refractivity contribution in [3.05, 3.63) is 69.5 Å². The third kappa shape index (κ3) is 5.45. The SMILES string of the molecule is Cc1ccc(-c2noc(CN3CCN(S(=O)(=O)Cc4ccc(Cl)c(Cl)c4)CC3)n2)cc1. The predicted octanol–water partition coefficient (Wildman–Crippen LogP) is 4.00. The summed E-state index contributed by atoms with van der Waals surface area (Å²) in [5, 5.41) is 4.81. The van der Waals surface area contributed by atoms with Gasteiger partial charge < -0.3 is 4.52 Å². The summed E-state index contributed by atoms with van der Waals surface area (Å²) in [5.41, 5.74) is 2.68. The maximum Gasteiger partial charge on any atom is 0.241 e. The van der Waals surface area contributed by atoms with Crippen LogP contribution in [0.3, 0.4) is 0 Å². The second-order valence-electron chi connectivity index (χ2n) is 7.56. The molecule has 1 aliphatic heterocycles. The molecule has 0 spiro atoms. The van der Waals surface area contributed by atoms with Crippen molar-refractivity contribution < 1.29 is 12.9 Å². The molecule has 164 valence electrons. The molecular formula is C21H22Cl2N4O3S. The number of nitrogens with zero attached hydrogens (tertiary/aromatic N) is 4. The Hall–Kier alpha value is -1.97. The van der Waals surface area contributed by atoms with Gasteiger partial charge in [0.15, 0.2) is 0 Å². The Labute approximate surface area is 191 Å². The number of rotatable bonds is 6. The first-order valence-corrected chi connectivity index (χ1v) is 12.2. The molecule has 1 aromatic heterocycles. The molecule has 1 saturated heterocycles. The van der Waals surface area contributed by atoms with E-state index in [2.05, 4.69) is 15.0 Å². The van der Waals surface area contributed by atoms with Crippen LogP contribution in [0.15, 0.2) is 47.0 Å². The third-order valence-corrected chi connectivity index (χ3v) is 7.78. The Balaban J connectivity index is 1.33. The third-order valence-electron chi connectivity index (χ3n) is 5.19. The van der Waals surface area contributed by atoms with Gasteiger partial charge in [-0.1, -0.05) is 64.3 Å². The topological polar surface area (TPSA) is 79.5 Å². The molecule has 0 atom stereocenters. The zero-order valence-corrected chi connectivity index (χ0v) is 19.3. The molecule has 1 aliphatic rings. The Morgan fingerprint density at radius 2 is 1.71 bits per heavy atom. The number of aromatic nitrogens is 2. The summed E-state index contributed by atoms with van der Waals surface area (Å²) < 4.78 is 32.5. The fourth-order valence-corrected chi connectivity index (χ4v) is 5.25. The molecule has 2 aromatic carbocycles. The summed E-state index contributed by atoms with van der Waals surface area (Å²) in [6, 6.07) is 12.8. The van der Waals surface area contributed by atoms with Gasteiger partial charge in [-0.15, -0.1) is 0 Å². The summed E-state index contributed by atoms with van der Waals surface area (Å²) in [5.74, 6) is 0.966. The van der Waals surface area contributed by atoms with Crippen molar-refractivity contribution in [2.45, 2.75) is 19.2 Å². The molecule has 7 nitrogen and oxygen atoms in total. The van der Waals surface area contributed by atoms with E-state index in [9.17, 15) is 8.42 Å². The van der Waals surface area contributed by atoms with E-state index in [-0.39, 0.29) is 5.75 Å². The van der Waals surface area contributed by atoms with Crippen molar-refractivity contribution in [3.63, 3.8) is 0 Å². The predicted molar refractivity (Wildman–Crippen MR) is 120 cm³/mol. The van der Waals surface area contributed by atoms with Gasteiger partial charge >= 0.3 is 0 Å². The lowest BCUT2D eigenvalue weighted by Gasteiger charge is -2.33. The number of hydrogen-bond acceptors (Lipinski definition) is 6. The van der Waals surface area contributed by atoms with Crippen molar-refractivity contribution in [2.24, 2.45) is 0 Å². The summed E-state index contributed by atoms with van der Waals surface area (Å²) in [6.45, 7) is 4.49. The lowest BCUT2D eigenvalue weighted by molar-refractivity contribution is 0.163. The Kier molecular flexibility index (Phi) is 6.64. The second kappa shape index (κ2) is 9.26. The summed E-state index contributed by atoms with van der Waals surface area (Å²) in [6.07, 6.45) is 0. The maximum absolute atomic E-state index is 12.8. The fraction of sp³-hybridized carbons (Fsp3) is 0.333. The van der Waals surface area contributed by atoms with Crippen LogP contribution in [0.1, 0.15) is 17.0 Å². The zero-order chi connectivity index (χ0) is 22.0. The highest BCUT2D eigenvalue weighted by molar-refractivity contribution is 7.88. The van der Waals surface area contributed by atoms with Gasteiger partial charge in [0.1, 0.15) is 0 Å². The monoisotopic (exact) mass is 480 g/mol. The van der Waals surface area contributed by atoms with Crippen LogP contribution in [0, 0.1) is 6.92 Å². The maximum atomic E-state index is 12.8. The minimum atomic E-state index is -3.44. The van der Waals surface area contributed by atoms with Crippen molar-refractivity contribution in [1.29, 1.82) is 0 Å². The minimum absolute atomic E-state index is 0.104. The molecule has 0 saturated carbocycles. The molecule has 2 heterocycles. The molecule has 0 amide bonds. The minimum Gasteiger partial charge on any atom is -0.338 e. The van der Waals surface area contributed by atoms with Gasteiger partial charge in [-0.2, -0.15) is 9.29 Å². The van der Waals surface area contributed by atoms with Crippen LogP contribution in [0.25, 0.3) is 11.4 Å². The Bertz CT molecular complexity index is 1160. The van der Waals surface area contributed by atoms with E-state index in [0.717, 1.165) is 5.56 Å². The summed E-state index contributed by atoms with van der Waals surface area (Å²) >= 11 is 11.9. The average molecular weight is 481 g/mol. The van der Waals surface area contributed by atoms with Crippen LogP contribution in [0.4, 0.5) is 0 Å². The number of piperazine rings is 1. The Morgan fingerprint density at radius 3 is 2.39 bits per heavy atom. The standard InChI is InChI=1S/C21H22Cl2N4O3S/c1-15-2-5-17(6-3-15)21-24-20(30-25-21)13-26-8-10-27(11-9-26)31(28,29)14-16-4-7-18(22)19(23)12-16/h2-7,12H,8-11,13-14H2,1H3. The van der Waals surface area contributed by atoms with Crippen LogP contribution < -0.4 is 0 Å². The second-order valence-corrected chi connectivity index (χ2v) is 10.3. The van der Waals surface area contributed by atoms with E-state index in [4.69, 9.17) is 27.7 Å². The molecule has 0 N–H and O–H groups in total. The molecule has 1 fully saturated rings. The van der Waals surface area contributed by atoms with Gasteiger partial charge in [-0.05, 0) is 24.6 Å². The number of sulfonamides is 1. The van der Waals surface area contributed by atoms with E-state index >= 15 is 0 Å². The van der Waals surface area contributed by atoms with Crippen LogP contribution in [0.2, 0.25) is 10.0 Å². The lowest BCUT2D eigenvalue weighted by Crippen LogP contribution is -2.48. The molecule has 4 rings (SSSR count). The molecule has 10 heteroatoms. The molecule has 0 radical (unpaired) electrons. The van der Waals surface area contributed by atoms with Gasteiger partial charge in [0.25, 0.3) is 0 Å². The molecule has 3 aromatic rings. The van der Waals surface area contributed by atoms with Gasteiger partial charge in [-0.25, -0.2) is 8.42 Å². The molecule has 0 bridgehead atoms. The van der Waals surface area contributed by atoms with E-state index in [0.29, 0.717) is 60.0 Å². The first-order chi connectivity index (χ1) is 14.8.